The average molecular weight is 235 g/mol. The van der Waals surface area contributed by atoms with Crippen LogP contribution in [0.25, 0.3) is 0 Å². The van der Waals surface area contributed by atoms with Crippen LogP contribution in [0, 0.1) is 0 Å². The quantitative estimate of drug-likeness (QED) is 0.620. The molecule has 0 aliphatic heterocycles. The Balaban J connectivity index is 1.79. The highest BCUT2D eigenvalue weighted by Gasteiger charge is 2.14. The predicted octanol–water partition coefficient (Wildman–Crippen LogP) is 2.06. The molecule has 1 aromatic heterocycles. The summed E-state index contributed by atoms with van der Waals surface area (Å²) in [6, 6.07) is 4.55. The summed E-state index contributed by atoms with van der Waals surface area (Å²) in [7, 11) is 0. The lowest BCUT2D eigenvalue weighted by molar-refractivity contribution is 0.481. The summed E-state index contributed by atoms with van der Waals surface area (Å²) in [5.74, 6) is 1.54. The zero-order valence-corrected chi connectivity index (χ0v) is 10.4. The molecule has 1 aromatic rings. The first kappa shape index (κ1) is 12.0. The number of rotatable bonds is 4. The first-order valence-corrected chi connectivity index (χ1v) is 6.36. The molecule has 1 fully saturated rings. The first-order valence-electron chi connectivity index (χ1n) is 6.36. The van der Waals surface area contributed by atoms with Crippen LogP contribution in [0.2, 0.25) is 0 Å². The highest BCUT2D eigenvalue weighted by molar-refractivity contribution is 5.78. The van der Waals surface area contributed by atoms with E-state index in [1.54, 1.807) is 6.26 Å². The largest absolute Gasteiger partial charge is 0.469 e. The van der Waals surface area contributed by atoms with E-state index in [4.69, 9.17) is 10.2 Å². The molecule has 0 aromatic carbocycles. The van der Waals surface area contributed by atoms with Gasteiger partial charge in [-0.25, -0.2) is 0 Å². The van der Waals surface area contributed by atoms with Gasteiger partial charge in [0.15, 0.2) is 5.96 Å². The molecular weight excluding hydrogens is 214 g/mol. The summed E-state index contributed by atoms with van der Waals surface area (Å²) < 4.78 is 5.30. The smallest absolute Gasteiger partial charge is 0.189 e. The van der Waals surface area contributed by atoms with Gasteiger partial charge in [-0.15, -0.1) is 0 Å². The van der Waals surface area contributed by atoms with Gasteiger partial charge in [-0.05, 0) is 31.9 Å². The van der Waals surface area contributed by atoms with Gasteiger partial charge in [0.05, 0.1) is 12.3 Å². The lowest BCUT2D eigenvalue weighted by Gasteiger charge is -2.14. The molecule has 1 heterocycles. The second-order valence-electron chi connectivity index (χ2n) is 4.78. The second-order valence-corrected chi connectivity index (χ2v) is 4.78. The summed E-state index contributed by atoms with van der Waals surface area (Å²) in [6.07, 6.45) is 7.43. The number of nitrogens with one attached hydrogen (secondary N) is 1. The number of hydrogen-bond acceptors (Lipinski definition) is 2. The van der Waals surface area contributed by atoms with Crippen LogP contribution in [-0.4, -0.2) is 18.0 Å². The van der Waals surface area contributed by atoms with E-state index >= 15 is 0 Å². The molecule has 0 bridgehead atoms. The third-order valence-electron chi connectivity index (χ3n) is 3.13. The third kappa shape index (κ3) is 3.80. The molecule has 1 atom stereocenters. The van der Waals surface area contributed by atoms with E-state index in [1.165, 1.54) is 25.7 Å². The molecule has 0 spiro atoms. The minimum Gasteiger partial charge on any atom is -0.469 e. The molecule has 0 radical (unpaired) electrons. The minimum atomic E-state index is 0.242. The predicted molar refractivity (Wildman–Crippen MR) is 68.9 cm³/mol. The SMILES string of the molecule is CC(Cc1ccco1)NC(N)=NC1CCCC1. The van der Waals surface area contributed by atoms with Crippen LogP contribution in [-0.2, 0) is 6.42 Å². The maximum atomic E-state index is 5.89. The molecule has 0 saturated heterocycles. The molecule has 4 nitrogen and oxygen atoms in total. The highest BCUT2D eigenvalue weighted by Crippen LogP contribution is 2.20. The number of aliphatic imine (C=N–C) groups is 1. The Morgan fingerprint density at radius 3 is 3.00 bits per heavy atom. The van der Waals surface area contributed by atoms with E-state index in [2.05, 4.69) is 17.2 Å². The van der Waals surface area contributed by atoms with Crippen LogP contribution >= 0.6 is 0 Å². The van der Waals surface area contributed by atoms with Gasteiger partial charge in [0.25, 0.3) is 0 Å². The molecule has 4 heteroatoms. The summed E-state index contributed by atoms with van der Waals surface area (Å²) in [5, 5.41) is 3.21. The Kier molecular flexibility index (Phi) is 4.07. The fourth-order valence-corrected chi connectivity index (χ4v) is 2.30. The second kappa shape index (κ2) is 5.75. The Labute approximate surface area is 102 Å². The van der Waals surface area contributed by atoms with Crippen molar-refractivity contribution in [3.63, 3.8) is 0 Å². The lowest BCUT2D eigenvalue weighted by atomic mass is 10.2. The van der Waals surface area contributed by atoms with Crippen LogP contribution in [0.4, 0.5) is 0 Å². The van der Waals surface area contributed by atoms with Crippen molar-refractivity contribution in [2.45, 2.75) is 51.1 Å². The molecule has 2 rings (SSSR count). The fourth-order valence-electron chi connectivity index (χ4n) is 2.30. The van der Waals surface area contributed by atoms with Gasteiger partial charge < -0.3 is 15.5 Å². The Bertz CT molecular complexity index is 353. The summed E-state index contributed by atoms with van der Waals surface area (Å²) >= 11 is 0. The van der Waals surface area contributed by atoms with E-state index in [0.29, 0.717) is 12.0 Å². The molecule has 3 N–H and O–H groups in total. The van der Waals surface area contributed by atoms with Crippen LogP contribution in [0.1, 0.15) is 38.4 Å². The van der Waals surface area contributed by atoms with Gasteiger partial charge in [-0.1, -0.05) is 12.8 Å². The van der Waals surface area contributed by atoms with Gasteiger partial charge in [-0.3, -0.25) is 4.99 Å². The van der Waals surface area contributed by atoms with E-state index in [1.807, 2.05) is 12.1 Å². The summed E-state index contributed by atoms with van der Waals surface area (Å²) in [5.41, 5.74) is 5.89. The van der Waals surface area contributed by atoms with Crippen LogP contribution in [0.5, 0.6) is 0 Å². The summed E-state index contributed by atoms with van der Waals surface area (Å²) in [6.45, 7) is 2.08. The average Bonchev–Trinajstić information content (AvgIpc) is 2.90. The van der Waals surface area contributed by atoms with E-state index in [0.717, 1.165) is 12.2 Å². The van der Waals surface area contributed by atoms with Crippen molar-refractivity contribution >= 4 is 5.96 Å². The van der Waals surface area contributed by atoms with Crippen molar-refractivity contribution < 1.29 is 4.42 Å². The number of hydrogen-bond donors (Lipinski definition) is 2. The topological polar surface area (TPSA) is 63.5 Å². The molecule has 0 amide bonds. The Hall–Kier alpha value is -1.45. The molecule has 1 aliphatic rings. The molecular formula is C13H21N3O. The fraction of sp³-hybridized carbons (Fsp3) is 0.615. The maximum absolute atomic E-state index is 5.89. The molecule has 1 saturated carbocycles. The lowest BCUT2D eigenvalue weighted by Crippen LogP contribution is -2.40. The van der Waals surface area contributed by atoms with Crippen LogP contribution < -0.4 is 11.1 Å². The third-order valence-corrected chi connectivity index (χ3v) is 3.13. The minimum absolute atomic E-state index is 0.242. The first-order chi connectivity index (χ1) is 8.24. The number of nitrogens with zero attached hydrogens (tertiary/aromatic N) is 1. The van der Waals surface area contributed by atoms with E-state index < -0.39 is 0 Å². The molecule has 94 valence electrons. The number of guanidine groups is 1. The summed E-state index contributed by atoms with van der Waals surface area (Å²) in [4.78, 5) is 4.50. The standard InChI is InChI=1S/C13H21N3O/c1-10(9-12-7-4-8-17-12)15-13(14)16-11-5-2-3-6-11/h4,7-8,10-11H,2-3,5-6,9H2,1H3,(H3,14,15,16). The van der Waals surface area contributed by atoms with Crippen molar-refractivity contribution in [1.29, 1.82) is 0 Å². The van der Waals surface area contributed by atoms with Gasteiger partial charge in [0.2, 0.25) is 0 Å². The van der Waals surface area contributed by atoms with E-state index in [9.17, 15) is 0 Å². The van der Waals surface area contributed by atoms with E-state index in [-0.39, 0.29) is 6.04 Å². The van der Waals surface area contributed by atoms with Crippen molar-refractivity contribution in [2.24, 2.45) is 10.7 Å². The van der Waals surface area contributed by atoms with Crippen molar-refractivity contribution in [2.75, 3.05) is 0 Å². The van der Waals surface area contributed by atoms with Crippen molar-refractivity contribution in [1.82, 2.24) is 5.32 Å². The Morgan fingerprint density at radius 2 is 2.35 bits per heavy atom. The van der Waals surface area contributed by atoms with Crippen molar-refractivity contribution in [3.8, 4) is 0 Å². The molecule has 1 unspecified atom stereocenters. The number of furan rings is 1. The maximum Gasteiger partial charge on any atom is 0.189 e. The van der Waals surface area contributed by atoms with Gasteiger partial charge in [0, 0.05) is 12.5 Å². The van der Waals surface area contributed by atoms with Crippen LogP contribution in [0.3, 0.4) is 0 Å². The zero-order valence-electron chi connectivity index (χ0n) is 10.4. The zero-order chi connectivity index (χ0) is 12.1. The monoisotopic (exact) mass is 235 g/mol. The van der Waals surface area contributed by atoms with Gasteiger partial charge in [0.1, 0.15) is 5.76 Å². The highest BCUT2D eigenvalue weighted by atomic mass is 16.3. The van der Waals surface area contributed by atoms with Crippen LogP contribution in [0.15, 0.2) is 27.8 Å². The van der Waals surface area contributed by atoms with Crippen molar-refractivity contribution in [3.05, 3.63) is 24.2 Å². The molecule has 17 heavy (non-hydrogen) atoms. The number of nitrogens with two attached hydrogens (primary N) is 1. The normalized spacial score (nSPS) is 19.5. The Morgan fingerprint density at radius 1 is 1.59 bits per heavy atom. The molecule has 1 aliphatic carbocycles. The van der Waals surface area contributed by atoms with Gasteiger partial charge >= 0.3 is 0 Å². The van der Waals surface area contributed by atoms with Gasteiger partial charge in [-0.2, -0.15) is 0 Å².